The molecule has 0 aliphatic carbocycles. The van der Waals surface area contributed by atoms with Crippen molar-refractivity contribution in [1.82, 2.24) is 5.32 Å². The summed E-state index contributed by atoms with van der Waals surface area (Å²) >= 11 is 17.6. The lowest BCUT2D eigenvalue weighted by molar-refractivity contribution is 0.247. The second-order valence-electron chi connectivity index (χ2n) is 4.31. The van der Waals surface area contributed by atoms with Crippen LogP contribution in [0, 0.1) is 0 Å². The summed E-state index contributed by atoms with van der Waals surface area (Å²) in [5.74, 6) is 0.646. The van der Waals surface area contributed by atoms with Crippen molar-refractivity contribution in [3.63, 3.8) is 0 Å². The number of halogens is 3. The monoisotopic (exact) mass is 358 g/mol. The minimum absolute atomic E-state index is 0.317. The molecule has 7 heteroatoms. The van der Waals surface area contributed by atoms with Gasteiger partial charge < -0.3 is 15.4 Å². The zero-order chi connectivity index (χ0) is 15.9. The van der Waals surface area contributed by atoms with E-state index in [1.165, 1.54) is 0 Å². The quantitative estimate of drug-likeness (QED) is 0.750. The molecular formula is C15H13Cl3N2O2. The van der Waals surface area contributed by atoms with E-state index >= 15 is 0 Å². The molecule has 22 heavy (non-hydrogen) atoms. The summed E-state index contributed by atoms with van der Waals surface area (Å²) in [6.45, 7) is 0.646. The Kier molecular flexibility index (Phi) is 6.19. The van der Waals surface area contributed by atoms with E-state index in [2.05, 4.69) is 10.6 Å². The van der Waals surface area contributed by atoms with Crippen LogP contribution in [0.15, 0.2) is 42.5 Å². The predicted molar refractivity (Wildman–Crippen MR) is 90.4 cm³/mol. The smallest absolute Gasteiger partial charge is 0.319 e. The fourth-order valence-electron chi connectivity index (χ4n) is 1.65. The maximum Gasteiger partial charge on any atom is 0.319 e. The second kappa shape index (κ2) is 8.13. The summed E-state index contributed by atoms with van der Waals surface area (Å²) in [7, 11) is 0. The Labute approximate surface area is 143 Å². The highest BCUT2D eigenvalue weighted by Crippen LogP contribution is 2.25. The summed E-state index contributed by atoms with van der Waals surface area (Å²) in [5.41, 5.74) is 0.447. The van der Waals surface area contributed by atoms with Gasteiger partial charge in [-0.1, -0.05) is 40.9 Å². The van der Waals surface area contributed by atoms with Crippen LogP contribution in [0.3, 0.4) is 0 Å². The predicted octanol–water partition coefficient (Wildman–Crippen LogP) is 4.85. The van der Waals surface area contributed by atoms with Crippen LogP contribution in [-0.2, 0) is 0 Å². The Balaban J connectivity index is 1.75. The fourth-order valence-corrected chi connectivity index (χ4v) is 2.17. The van der Waals surface area contributed by atoms with Crippen LogP contribution in [0.1, 0.15) is 0 Å². The van der Waals surface area contributed by atoms with Crippen LogP contribution in [0.2, 0.25) is 15.1 Å². The minimum Gasteiger partial charge on any atom is -0.492 e. The zero-order valence-corrected chi connectivity index (χ0v) is 13.7. The number of nitrogens with one attached hydrogen (secondary N) is 2. The van der Waals surface area contributed by atoms with Gasteiger partial charge in [0.2, 0.25) is 0 Å². The summed E-state index contributed by atoms with van der Waals surface area (Å²) in [4.78, 5) is 11.7. The molecular weight excluding hydrogens is 347 g/mol. The number of amides is 2. The van der Waals surface area contributed by atoms with Gasteiger partial charge in [0.15, 0.2) is 0 Å². The lowest BCUT2D eigenvalue weighted by Gasteiger charge is -2.10. The van der Waals surface area contributed by atoms with Crippen molar-refractivity contribution in [2.75, 3.05) is 18.5 Å². The highest BCUT2D eigenvalue weighted by Gasteiger charge is 2.06. The Bertz CT molecular complexity index is 665. The molecule has 0 unspecified atom stereocenters. The molecule has 0 aromatic heterocycles. The molecule has 0 bridgehead atoms. The van der Waals surface area contributed by atoms with Crippen molar-refractivity contribution >= 4 is 46.5 Å². The van der Waals surface area contributed by atoms with Crippen LogP contribution in [0.25, 0.3) is 0 Å². The molecule has 0 radical (unpaired) electrons. The summed E-state index contributed by atoms with van der Waals surface area (Å²) in [6, 6.07) is 11.5. The van der Waals surface area contributed by atoms with Crippen molar-refractivity contribution in [3.8, 4) is 5.75 Å². The first-order valence-electron chi connectivity index (χ1n) is 6.43. The number of ether oxygens (including phenoxy) is 1. The summed E-state index contributed by atoms with van der Waals surface area (Å²) < 4.78 is 5.46. The molecule has 116 valence electrons. The molecule has 0 saturated heterocycles. The van der Waals surface area contributed by atoms with Gasteiger partial charge in [0.05, 0.1) is 17.3 Å². The maximum atomic E-state index is 11.7. The molecule has 4 nitrogen and oxygen atoms in total. The van der Waals surface area contributed by atoms with Gasteiger partial charge in [-0.05, 0) is 36.4 Å². The van der Waals surface area contributed by atoms with Gasteiger partial charge in [0.1, 0.15) is 12.4 Å². The number of carbonyl (C=O) groups excluding carboxylic acids is 1. The molecule has 0 spiro atoms. The lowest BCUT2D eigenvalue weighted by atomic mass is 10.3. The first-order chi connectivity index (χ1) is 10.5. The Morgan fingerprint density at radius 3 is 2.59 bits per heavy atom. The first kappa shape index (κ1) is 16.7. The normalized spacial score (nSPS) is 10.1. The standard InChI is InChI=1S/C15H13Cl3N2O2/c16-10-2-1-3-12(8-10)22-7-6-19-15(21)20-14-9-11(17)4-5-13(14)18/h1-5,8-9H,6-7H2,(H2,19,20,21). The van der Waals surface area contributed by atoms with E-state index in [9.17, 15) is 4.79 Å². The number of anilines is 1. The van der Waals surface area contributed by atoms with Gasteiger partial charge >= 0.3 is 6.03 Å². The number of hydrogen-bond acceptors (Lipinski definition) is 2. The molecule has 0 saturated carbocycles. The van der Waals surface area contributed by atoms with Crippen molar-refractivity contribution in [1.29, 1.82) is 0 Å². The average molecular weight is 360 g/mol. The number of carbonyl (C=O) groups is 1. The summed E-state index contributed by atoms with van der Waals surface area (Å²) in [5, 5.41) is 6.77. The van der Waals surface area contributed by atoms with Gasteiger partial charge in [0, 0.05) is 10.0 Å². The van der Waals surface area contributed by atoms with Crippen molar-refractivity contribution < 1.29 is 9.53 Å². The van der Waals surface area contributed by atoms with E-state index in [0.717, 1.165) is 0 Å². The highest BCUT2D eigenvalue weighted by molar-refractivity contribution is 6.35. The van der Waals surface area contributed by atoms with E-state index in [1.807, 2.05) is 0 Å². The molecule has 2 rings (SSSR count). The molecule has 0 atom stereocenters. The van der Waals surface area contributed by atoms with Crippen LogP contribution < -0.4 is 15.4 Å². The molecule has 2 amide bonds. The van der Waals surface area contributed by atoms with E-state index in [1.54, 1.807) is 42.5 Å². The molecule has 2 aromatic rings. The third-order valence-electron chi connectivity index (χ3n) is 2.63. The average Bonchev–Trinajstić information content (AvgIpc) is 2.48. The molecule has 0 heterocycles. The summed E-state index contributed by atoms with van der Waals surface area (Å²) in [6.07, 6.45) is 0. The third-order valence-corrected chi connectivity index (χ3v) is 3.43. The van der Waals surface area contributed by atoms with Crippen LogP contribution in [0.5, 0.6) is 5.75 Å². The van der Waals surface area contributed by atoms with Crippen molar-refractivity contribution in [3.05, 3.63) is 57.5 Å². The van der Waals surface area contributed by atoms with Crippen LogP contribution >= 0.6 is 34.8 Å². The molecule has 2 N–H and O–H groups in total. The van der Waals surface area contributed by atoms with Gasteiger partial charge in [-0.2, -0.15) is 0 Å². The number of hydrogen-bond donors (Lipinski definition) is 2. The third kappa shape index (κ3) is 5.30. The van der Waals surface area contributed by atoms with Gasteiger partial charge in [-0.3, -0.25) is 0 Å². The highest BCUT2D eigenvalue weighted by atomic mass is 35.5. The van der Waals surface area contributed by atoms with Crippen LogP contribution in [0.4, 0.5) is 10.5 Å². The molecule has 0 fully saturated rings. The van der Waals surface area contributed by atoms with Gasteiger partial charge in [0.25, 0.3) is 0 Å². The topological polar surface area (TPSA) is 50.4 Å². The Morgan fingerprint density at radius 1 is 1.05 bits per heavy atom. The number of urea groups is 1. The van der Waals surface area contributed by atoms with Crippen molar-refractivity contribution in [2.24, 2.45) is 0 Å². The SMILES string of the molecule is O=C(NCCOc1cccc(Cl)c1)Nc1cc(Cl)ccc1Cl. The van der Waals surface area contributed by atoms with E-state index in [-0.39, 0.29) is 6.03 Å². The maximum absolute atomic E-state index is 11.7. The number of rotatable bonds is 5. The molecule has 0 aliphatic rings. The minimum atomic E-state index is -0.390. The zero-order valence-electron chi connectivity index (χ0n) is 11.4. The fraction of sp³-hybridized carbons (Fsp3) is 0.133. The van der Waals surface area contributed by atoms with E-state index in [4.69, 9.17) is 39.5 Å². The van der Waals surface area contributed by atoms with Gasteiger partial charge in [-0.25, -0.2) is 4.79 Å². The van der Waals surface area contributed by atoms with Gasteiger partial charge in [-0.15, -0.1) is 0 Å². The second-order valence-corrected chi connectivity index (χ2v) is 5.59. The molecule has 2 aromatic carbocycles. The Hall–Kier alpha value is -1.62. The largest absolute Gasteiger partial charge is 0.492 e. The Morgan fingerprint density at radius 2 is 1.82 bits per heavy atom. The van der Waals surface area contributed by atoms with Crippen molar-refractivity contribution in [2.45, 2.75) is 0 Å². The van der Waals surface area contributed by atoms with E-state index < -0.39 is 0 Å². The number of benzene rings is 2. The first-order valence-corrected chi connectivity index (χ1v) is 7.56. The van der Waals surface area contributed by atoms with E-state index in [0.29, 0.717) is 39.7 Å². The van der Waals surface area contributed by atoms with Crippen LogP contribution in [-0.4, -0.2) is 19.2 Å². The molecule has 0 aliphatic heterocycles. The lowest BCUT2D eigenvalue weighted by Crippen LogP contribution is -2.32.